The summed E-state index contributed by atoms with van der Waals surface area (Å²) in [4.78, 5) is 56.4. The van der Waals surface area contributed by atoms with Crippen molar-refractivity contribution in [3.8, 4) is 11.5 Å². The molecule has 0 aliphatic carbocycles. The zero-order valence-electron chi connectivity index (χ0n) is 28.9. The Bertz CT molecular complexity index is 2450. The van der Waals surface area contributed by atoms with Crippen molar-refractivity contribution >= 4 is 71.7 Å². The Balaban J connectivity index is 0.00000105. The number of ether oxygens (including phenoxy) is 2. The van der Waals surface area contributed by atoms with Gasteiger partial charge in [0.15, 0.2) is 0 Å². The number of aromatic nitrogens is 1. The number of rotatable bonds is 10. The van der Waals surface area contributed by atoms with Gasteiger partial charge in [0, 0.05) is 31.0 Å². The Labute approximate surface area is 309 Å². The van der Waals surface area contributed by atoms with Crippen LogP contribution in [0.2, 0.25) is 0 Å². The third kappa shape index (κ3) is 8.30. The van der Waals surface area contributed by atoms with Crippen LogP contribution in [0.25, 0.3) is 21.8 Å². The molecule has 0 bridgehead atoms. The molecular formula is C36H32FN3O12S2. The summed E-state index contributed by atoms with van der Waals surface area (Å²) in [6.45, 7) is 0. The molecule has 3 amide bonds. The Morgan fingerprint density at radius 1 is 0.833 bits per heavy atom. The van der Waals surface area contributed by atoms with Crippen molar-refractivity contribution < 1.29 is 63.3 Å². The minimum absolute atomic E-state index is 0.0594. The van der Waals surface area contributed by atoms with Crippen LogP contribution in [0.4, 0.5) is 9.57 Å². The first-order valence-corrected chi connectivity index (χ1v) is 18.7. The summed E-state index contributed by atoms with van der Waals surface area (Å²) < 4.78 is 78.8. The standard InChI is InChI=1S/C36H32N3O9S.FHO3S/c1-37-27-13-7-5-11-25(27)35(26-12-6-8-14-28(26)37)36(43)39(29-18-17-24(46-2)22-30(29)47-3)49(44,45)31-15-9-4-10-23(31)16-21-34(42)48-38-32(40)19-20-33(38)41;1-5(2,3)4/h4-15,17-18,22H,16,19-21H2,1-3H3;(H,2,3,4)/q+1;/p-1. The average molecular weight is 782 g/mol. The van der Waals surface area contributed by atoms with Crippen LogP contribution in [0, 0.1) is 0 Å². The Morgan fingerprint density at radius 3 is 1.93 bits per heavy atom. The van der Waals surface area contributed by atoms with Gasteiger partial charge in [0.2, 0.25) is 11.0 Å². The van der Waals surface area contributed by atoms with Gasteiger partial charge < -0.3 is 18.9 Å². The number of halogens is 1. The summed E-state index contributed by atoms with van der Waals surface area (Å²) in [6.07, 6.45) is -0.612. The van der Waals surface area contributed by atoms with Crippen LogP contribution in [0.5, 0.6) is 11.5 Å². The normalized spacial score (nSPS) is 13.0. The van der Waals surface area contributed by atoms with E-state index in [2.05, 4.69) is 0 Å². The number of benzene rings is 4. The fourth-order valence-corrected chi connectivity index (χ4v) is 7.63. The van der Waals surface area contributed by atoms with E-state index in [1.165, 1.54) is 50.6 Å². The van der Waals surface area contributed by atoms with Crippen LogP contribution >= 0.6 is 0 Å². The van der Waals surface area contributed by atoms with Crippen molar-refractivity contribution in [3.05, 3.63) is 102 Å². The van der Waals surface area contributed by atoms with Gasteiger partial charge >= 0.3 is 5.97 Å². The van der Waals surface area contributed by atoms with Gasteiger partial charge in [-0.25, -0.2) is 21.6 Å². The summed E-state index contributed by atoms with van der Waals surface area (Å²) in [5, 5.41) is 1.50. The van der Waals surface area contributed by atoms with Gasteiger partial charge in [-0.3, -0.25) is 14.4 Å². The van der Waals surface area contributed by atoms with Gasteiger partial charge in [-0.15, -0.1) is 8.95 Å². The number of hydroxylamine groups is 2. The van der Waals surface area contributed by atoms with Gasteiger partial charge in [0.05, 0.1) is 41.9 Å². The molecule has 0 spiro atoms. The number of pyridine rings is 1. The van der Waals surface area contributed by atoms with E-state index >= 15 is 4.79 Å². The summed E-state index contributed by atoms with van der Waals surface area (Å²) in [7, 11) is -5.47. The molecular weight excluding hydrogens is 750 g/mol. The molecule has 54 heavy (non-hydrogen) atoms. The summed E-state index contributed by atoms with van der Waals surface area (Å²) >= 11 is 0. The highest BCUT2D eigenvalue weighted by Gasteiger charge is 2.38. The lowest BCUT2D eigenvalue weighted by molar-refractivity contribution is -0.617. The van der Waals surface area contributed by atoms with Gasteiger partial charge in [-0.2, -0.15) is 8.87 Å². The molecule has 18 heteroatoms. The smallest absolute Gasteiger partial charge is 0.333 e. The van der Waals surface area contributed by atoms with Gasteiger partial charge in [0.25, 0.3) is 38.2 Å². The van der Waals surface area contributed by atoms with E-state index in [1.807, 2.05) is 35.9 Å². The van der Waals surface area contributed by atoms with Crippen molar-refractivity contribution in [1.29, 1.82) is 0 Å². The molecule has 0 unspecified atom stereocenters. The number of anilines is 1. The molecule has 1 fully saturated rings. The maximum absolute atomic E-state index is 15.1. The zero-order chi connectivity index (χ0) is 39.4. The molecule has 5 aromatic rings. The first-order valence-electron chi connectivity index (χ1n) is 16.0. The minimum atomic E-state index is -5.42. The molecule has 0 N–H and O–H groups in total. The second-order valence-electron chi connectivity index (χ2n) is 11.6. The largest absolute Gasteiger partial charge is 0.722 e. The maximum atomic E-state index is 15.1. The number of imide groups is 1. The first kappa shape index (κ1) is 39.2. The third-order valence-electron chi connectivity index (χ3n) is 8.36. The minimum Gasteiger partial charge on any atom is -0.722 e. The lowest BCUT2D eigenvalue weighted by Crippen LogP contribution is -2.39. The molecule has 1 aromatic heterocycles. The van der Waals surface area contributed by atoms with E-state index in [1.54, 1.807) is 30.3 Å². The van der Waals surface area contributed by atoms with E-state index in [4.69, 9.17) is 27.3 Å². The second kappa shape index (κ2) is 15.9. The van der Waals surface area contributed by atoms with Crippen LogP contribution in [0.3, 0.4) is 0 Å². The number of aryl methyl sites for hydroxylation is 2. The van der Waals surface area contributed by atoms with Gasteiger partial charge in [0.1, 0.15) is 24.2 Å². The van der Waals surface area contributed by atoms with Crippen LogP contribution in [0.1, 0.15) is 35.2 Å². The number of nitrogens with zero attached hydrogens (tertiary/aromatic N) is 3. The monoisotopic (exact) mass is 781 g/mol. The van der Waals surface area contributed by atoms with Gasteiger partial charge in [-0.05, 0) is 42.3 Å². The van der Waals surface area contributed by atoms with Crippen molar-refractivity contribution in [1.82, 2.24) is 5.06 Å². The lowest BCUT2D eigenvalue weighted by Gasteiger charge is -2.26. The predicted molar refractivity (Wildman–Crippen MR) is 189 cm³/mol. The molecule has 282 valence electrons. The summed E-state index contributed by atoms with van der Waals surface area (Å²) in [5.41, 5.74) is 1.72. The number of carbonyl (C=O) groups excluding carboxylic acids is 4. The Hall–Kier alpha value is -5.98. The fourth-order valence-electron chi connectivity index (χ4n) is 5.97. The lowest BCUT2D eigenvalue weighted by atomic mass is 10.0. The number of amides is 3. The quantitative estimate of drug-likeness (QED) is 0.0654. The first-order chi connectivity index (χ1) is 25.6. The van der Waals surface area contributed by atoms with Crippen molar-refractivity contribution in [3.63, 3.8) is 0 Å². The number of carbonyl (C=O) groups is 4. The molecule has 0 atom stereocenters. The molecule has 0 saturated carbocycles. The Morgan fingerprint density at radius 2 is 1.37 bits per heavy atom. The number of fused-ring (bicyclic) bond motifs is 2. The zero-order valence-corrected chi connectivity index (χ0v) is 30.6. The molecule has 4 aromatic carbocycles. The van der Waals surface area contributed by atoms with E-state index in [9.17, 15) is 26.7 Å². The molecule has 1 saturated heterocycles. The van der Waals surface area contributed by atoms with Crippen molar-refractivity contribution in [2.24, 2.45) is 7.05 Å². The summed E-state index contributed by atoms with van der Waals surface area (Å²) in [5.74, 6) is -2.54. The van der Waals surface area contributed by atoms with Gasteiger partial charge in [-0.1, -0.05) is 42.5 Å². The van der Waals surface area contributed by atoms with Crippen LogP contribution in [-0.4, -0.2) is 64.4 Å². The number of sulfonamides is 1. The fraction of sp³-hybridized carbons (Fsp3) is 0.194. The van der Waals surface area contributed by atoms with Crippen LogP contribution < -0.4 is 18.3 Å². The number of para-hydroxylation sites is 2. The number of hydrogen-bond donors (Lipinski definition) is 0. The van der Waals surface area contributed by atoms with E-state index in [0.717, 1.165) is 4.31 Å². The second-order valence-corrected chi connectivity index (χ2v) is 14.2. The number of hydrogen-bond acceptors (Lipinski definition) is 12. The molecule has 0 radical (unpaired) electrons. The number of methoxy groups -OCH3 is 2. The van der Waals surface area contributed by atoms with Crippen molar-refractivity contribution in [2.75, 3.05) is 18.5 Å². The molecule has 2 heterocycles. The highest BCUT2D eigenvalue weighted by Crippen LogP contribution is 2.39. The summed E-state index contributed by atoms with van der Waals surface area (Å²) in [6, 6.07) is 24.9. The average Bonchev–Trinajstić information content (AvgIpc) is 3.45. The Kier molecular flexibility index (Phi) is 11.6. The third-order valence-corrected chi connectivity index (χ3v) is 10.2. The molecule has 1 aliphatic rings. The molecule has 15 nitrogen and oxygen atoms in total. The van der Waals surface area contributed by atoms with E-state index < -0.39 is 44.2 Å². The van der Waals surface area contributed by atoms with Crippen LogP contribution in [-0.2, 0) is 53.2 Å². The van der Waals surface area contributed by atoms with Crippen LogP contribution in [0.15, 0.2) is 95.9 Å². The van der Waals surface area contributed by atoms with E-state index in [0.29, 0.717) is 32.6 Å². The predicted octanol–water partition coefficient (Wildman–Crippen LogP) is 3.83. The highest BCUT2D eigenvalue weighted by molar-refractivity contribution is 7.93. The SMILES string of the molecule is COc1ccc(N(C(=O)c2c3ccccc3[n+](C)c3ccccc23)S(=O)(=O)c2ccccc2CCC(=O)ON2C(=O)CCC2=O)c(OC)c1.O=S(=O)([O-])F. The van der Waals surface area contributed by atoms with Crippen molar-refractivity contribution in [2.45, 2.75) is 30.6 Å². The molecule has 6 rings (SSSR count). The molecule has 1 aliphatic heterocycles. The topological polar surface area (TPSA) is 198 Å². The van der Waals surface area contributed by atoms with E-state index in [-0.39, 0.29) is 53.1 Å². The highest BCUT2D eigenvalue weighted by atomic mass is 32.3. The maximum Gasteiger partial charge on any atom is 0.333 e.